The van der Waals surface area contributed by atoms with Gasteiger partial charge in [0.2, 0.25) is 0 Å². The van der Waals surface area contributed by atoms with E-state index in [1.54, 1.807) is 0 Å². The van der Waals surface area contributed by atoms with Crippen LogP contribution in [0.4, 0.5) is 0 Å². The van der Waals surface area contributed by atoms with E-state index in [-0.39, 0.29) is 0 Å². The Hall–Kier alpha value is -1.90. The molecule has 2 heteroatoms. The first-order chi connectivity index (χ1) is 11.8. The van der Waals surface area contributed by atoms with Gasteiger partial charge in [-0.05, 0) is 34.0 Å². The van der Waals surface area contributed by atoms with E-state index in [9.17, 15) is 0 Å². The zero-order chi connectivity index (χ0) is 16.5. The highest BCUT2D eigenvalue weighted by atomic mass is 79.9. The van der Waals surface area contributed by atoms with Crippen LogP contribution in [0, 0.1) is 0 Å². The van der Waals surface area contributed by atoms with Crippen molar-refractivity contribution in [1.82, 2.24) is 0 Å². The average Bonchev–Trinajstić information content (AvgIpc) is 2.63. The minimum Gasteiger partial charge on any atom is -0.0622 e. The Kier molecular flexibility index (Phi) is 4.26. The van der Waals surface area contributed by atoms with Crippen LogP contribution in [-0.4, -0.2) is 0 Å². The molecule has 0 amide bonds. The highest BCUT2D eigenvalue weighted by Crippen LogP contribution is 2.41. The molecule has 0 heterocycles. The Bertz CT molecular complexity index is 921. The third-order valence-electron chi connectivity index (χ3n) is 4.22. The van der Waals surface area contributed by atoms with Gasteiger partial charge >= 0.3 is 0 Å². The van der Waals surface area contributed by atoms with Gasteiger partial charge in [-0.15, -0.1) is 0 Å². The van der Waals surface area contributed by atoms with Gasteiger partial charge in [-0.2, -0.15) is 0 Å². The maximum atomic E-state index is 3.74. The maximum absolute atomic E-state index is 3.74. The summed E-state index contributed by atoms with van der Waals surface area (Å²) in [6, 6.07) is 29.7. The molecule has 0 saturated heterocycles. The predicted molar refractivity (Wildman–Crippen MR) is 110 cm³/mol. The molecular weight excluding hydrogens is 424 g/mol. The van der Waals surface area contributed by atoms with Gasteiger partial charge in [0, 0.05) is 20.1 Å². The van der Waals surface area contributed by atoms with Gasteiger partial charge in [0.1, 0.15) is 0 Å². The summed E-state index contributed by atoms with van der Waals surface area (Å²) in [4.78, 5) is 0. The summed E-state index contributed by atoms with van der Waals surface area (Å²) in [7, 11) is 0. The summed E-state index contributed by atoms with van der Waals surface area (Å²) in [6.07, 6.45) is 0. The molecule has 4 aromatic rings. The molecule has 116 valence electrons. The lowest BCUT2D eigenvalue weighted by Crippen LogP contribution is -1.88. The number of rotatable bonds is 2. The third kappa shape index (κ3) is 2.70. The Morgan fingerprint density at radius 1 is 0.417 bits per heavy atom. The monoisotopic (exact) mass is 436 g/mol. The largest absolute Gasteiger partial charge is 0.0622 e. The minimum absolute atomic E-state index is 1.11. The van der Waals surface area contributed by atoms with Gasteiger partial charge in [0.25, 0.3) is 0 Å². The van der Waals surface area contributed by atoms with E-state index in [2.05, 4.69) is 117 Å². The fraction of sp³-hybridized carbons (Fsp3) is 0. The summed E-state index contributed by atoms with van der Waals surface area (Å²) in [6.45, 7) is 0. The molecule has 0 aliphatic carbocycles. The normalized spacial score (nSPS) is 10.9. The average molecular weight is 438 g/mol. The molecule has 0 saturated carbocycles. The first-order valence-corrected chi connectivity index (χ1v) is 9.36. The summed E-state index contributed by atoms with van der Waals surface area (Å²) in [5.74, 6) is 0. The standard InChI is InChI=1S/C22H14Br2/c23-19-13-12-18-17(21(19)15-7-3-1-4-8-15)11-14-20(24)22(18)16-9-5-2-6-10-16/h1-14H. The quantitative estimate of drug-likeness (QED) is 0.301. The van der Waals surface area contributed by atoms with E-state index in [0.717, 1.165) is 8.95 Å². The van der Waals surface area contributed by atoms with Crippen molar-refractivity contribution in [3.8, 4) is 22.3 Å². The molecule has 0 atom stereocenters. The molecule has 0 radical (unpaired) electrons. The van der Waals surface area contributed by atoms with Crippen LogP contribution < -0.4 is 0 Å². The van der Waals surface area contributed by atoms with Crippen LogP contribution in [0.2, 0.25) is 0 Å². The van der Waals surface area contributed by atoms with E-state index < -0.39 is 0 Å². The zero-order valence-electron chi connectivity index (χ0n) is 12.8. The van der Waals surface area contributed by atoms with E-state index in [0.29, 0.717) is 0 Å². The molecule has 0 unspecified atom stereocenters. The Labute approximate surface area is 158 Å². The summed E-state index contributed by atoms with van der Waals surface area (Å²) in [5, 5.41) is 2.50. The van der Waals surface area contributed by atoms with Gasteiger partial charge in [-0.1, -0.05) is 105 Å². The van der Waals surface area contributed by atoms with Gasteiger partial charge < -0.3 is 0 Å². The van der Waals surface area contributed by atoms with E-state index in [4.69, 9.17) is 0 Å². The van der Waals surface area contributed by atoms with Crippen LogP contribution in [-0.2, 0) is 0 Å². The van der Waals surface area contributed by atoms with Gasteiger partial charge in [0.15, 0.2) is 0 Å². The zero-order valence-corrected chi connectivity index (χ0v) is 16.0. The van der Waals surface area contributed by atoms with Crippen molar-refractivity contribution in [2.24, 2.45) is 0 Å². The van der Waals surface area contributed by atoms with Crippen molar-refractivity contribution in [2.75, 3.05) is 0 Å². The molecule has 4 rings (SSSR count). The molecular formula is C22H14Br2. The molecule has 0 N–H and O–H groups in total. The number of benzene rings is 4. The smallest absolute Gasteiger partial charge is 0.0260 e. The molecule has 0 nitrogen and oxygen atoms in total. The van der Waals surface area contributed by atoms with Crippen molar-refractivity contribution in [1.29, 1.82) is 0 Å². The number of hydrogen-bond acceptors (Lipinski definition) is 0. The lowest BCUT2D eigenvalue weighted by Gasteiger charge is -2.15. The first kappa shape index (κ1) is 15.6. The van der Waals surface area contributed by atoms with Crippen LogP contribution in [0.3, 0.4) is 0 Å². The Morgan fingerprint density at radius 3 is 1.17 bits per heavy atom. The Balaban J connectivity index is 2.09. The summed E-state index contributed by atoms with van der Waals surface area (Å²) < 4.78 is 2.23. The number of hydrogen-bond donors (Lipinski definition) is 0. The second-order valence-electron chi connectivity index (χ2n) is 5.67. The second kappa shape index (κ2) is 6.54. The molecule has 0 fully saturated rings. The molecule has 24 heavy (non-hydrogen) atoms. The Morgan fingerprint density at radius 2 is 0.792 bits per heavy atom. The lowest BCUT2D eigenvalue weighted by molar-refractivity contribution is 1.59. The van der Waals surface area contributed by atoms with E-state index >= 15 is 0 Å². The predicted octanol–water partition coefficient (Wildman–Crippen LogP) is 7.70. The molecule has 0 bridgehead atoms. The number of halogens is 2. The van der Waals surface area contributed by atoms with Crippen molar-refractivity contribution >= 4 is 42.6 Å². The fourth-order valence-electron chi connectivity index (χ4n) is 3.15. The second-order valence-corrected chi connectivity index (χ2v) is 7.38. The molecule has 0 aliphatic heterocycles. The van der Waals surface area contributed by atoms with Crippen molar-refractivity contribution in [3.63, 3.8) is 0 Å². The van der Waals surface area contributed by atoms with Crippen molar-refractivity contribution in [3.05, 3.63) is 93.9 Å². The third-order valence-corrected chi connectivity index (χ3v) is 5.55. The summed E-state index contributed by atoms with van der Waals surface area (Å²) >= 11 is 7.48. The maximum Gasteiger partial charge on any atom is 0.0260 e. The van der Waals surface area contributed by atoms with E-state index in [1.807, 2.05) is 0 Å². The highest BCUT2D eigenvalue weighted by molar-refractivity contribution is 9.11. The van der Waals surface area contributed by atoms with Crippen LogP contribution >= 0.6 is 31.9 Å². The van der Waals surface area contributed by atoms with Crippen molar-refractivity contribution in [2.45, 2.75) is 0 Å². The molecule has 4 aromatic carbocycles. The van der Waals surface area contributed by atoms with Crippen LogP contribution in [0.1, 0.15) is 0 Å². The number of fused-ring (bicyclic) bond motifs is 1. The van der Waals surface area contributed by atoms with E-state index in [1.165, 1.54) is 33.0 Å². The van der Waals surface area contributed by atoms with Crippen LogP contribution in [0.5, 0.6) is 0 Å². The van der Waals surface area contributed by atoms with Crippen LogP contribution in [0.15, 0.2) is 93.9 Å². The highest BCUT2D eigenvalue weighted by Gasteiger charge is 2.13. The SMILES string of the molecule is Brc1ccc2c(-c3ccccc3)c(Br)ccc2c1-c1ccccc1. The van der Waals surface area contributed by atoms with Crippen LogP contribution in [0.25, 0.3) is 33.0 Å². The first-order valence-electron chi connectivity index (χ1n) is 7.77. The molecule has 0 aromatic heterocycles. The molecule has 0 spiro atoms. The molecule has 0 aliphatic rings. The minimum atomic E-state index is 1.11. The van der Waals surface area contributed by atoms with Gasteiger partial charge in [0.05, 0.1) is 0 Å². The van der Waals surface area contributed by atoms with Gasteiger partial charge in [-0.25, -0.2) is 0 Å². The lowest BCUT2D eigenvalue weighted by atomic mass is 9.93. The fourth-order valence-corrected chi connectivity index (χ4v) is 4.30. The van der Waals surface area contributed by atoms with Crippen molar-refractivity contribution < 1.29 is 0 Å². The summed E-state index contributed by atoms with van der Waals surface area (Å²) in [5.41, 5.74) is 4.91. The van der Waals surface area contributed by atoms with Gasteiger partial charge in [-0.3, -0.25) is 0 Å². The topological polar surface area (TPSA) is 0 Å².